The number of halogens is 1. The minimum Gasteiger partial charge on any atom is -0.212 e. The average Bonchev–Trinajstić information content (AvgIpc) is 2.14. The van der Waals surface area contributed by atoms with Crippen LogP contribution in [-0.4, -0.2) is 36.9 Å². The first kappa shape index (κ1) is 12.5. The topological polar surface area (TPSA) is 37.4 Å². The Balaban J connectivity index is 2.66. The molecule has 0 spiro atoms. The smallest absolute Gasteiger partial charge is 0.211 e. The summed E-state index contributed by atoms with van der Waals surface area (Å²) in [6, 6.07) is 0.247. The van der Waals surface area contributed by atoms with Crippen LogP contribution in [0.15, 0.2) is 0 Å². The molecule has 0 bridgehead atoms. The van der Waals surface area contributed by atoms with Gasteiger partial charge in [-0.05, 0) is 12.8 Å². The van der Waals surface area contributed by atoms with Crippen molar-refractivity contribution < 1.29 is 8.42 Å². The molecule has 84 valence electrons. The van der Waals surface area contributed by atoms with Gasteiger partial charge < -0.3 is 0 Å². The van der Waals surface area contributed by atoms with Gasteiger partial charge in [0, 0.05) is 17.9 Å². The second-order valence-electron chi connectivity index (χ2n) is 3.85. The summed E-state index contributed by atoms with van der Waals surface area (Å²) in [5.41, 5.74) is 0. The summed E-state index contributed by atoms with van der Waals surface area (Å²) >= 11 is 3.30. The second kappa shape index (κ2) is 5.47. The van der Waals surface area contributed by atoms with Crippen molar-refractivity contribution in [2.24, 2.45) is 0 Å². The van der Waals surface area contributed by atoms with E-state index in [0.29, 0.717) is 6.54 Å². The van der Waals surface area contributed by atoms with E-state index in [2.05, 4.69) is 15.9 Å². The van der Waals surface area contributed by atoms with Crippen LogP contribution in [0.1, 0.15) is 32.1 Å². The second-order valence-corrected chi connectivity index (χ2v) is 6.58. The molecule has 0 heterocycles. The molecule has 1 rings (SSSR count). The van der Waals surface area contributed by atoms with Crippen LogP contribution in [0, 0.1) is 0 Å². The van der Waals surface area contributed by atoms with Crippen molar-refractivity contribution in [3.8, 4) is 0 Å². The fourth-order valence-electron chi connectivity index (χ4n) is 2.07. The van der Waals surface area contributed by atoms with E-state index in [1.54, 1.807) is 4.31 Å². The van der Waals surface area contributed by atoms with E-state index in [9.17, 15) is 8.42 Å². The zero-order valence-electron chi connectivity index (χ0n) is 8.58. The van der Waals surface area contributed by atoms with Crippen molar-refractivity contribution in [3.63, 3.8) is 0 Å². The number of rotatable bonds is 4. The number of hydrogen-bond donors (Lipinski definition) is 0. The number of alkyl halides is 1. The summed E-state index contributed by atoms with van der Waals surface area (Å²) in [6.07, 6.45) is 6.95. The molecule has 14 heavy (non-hydrogen) atoms. The molecule has 0 aromatic carbocycles. The van der Waals surface area contributed by atoms with Crippen LogP contribution >= 0.6 is 15.9 Å². The maximum Gasteiger partial charge on any atom is 0.211 e. The van der Waals surface area contributed by atoms with E-state index < -0.39 is 10.0 Å². The Kier molecular flexibility index (Phi) is 4.87. The van der Waals surface area contributed by atoms with Crippen molar-refractivity contribution in [2.75, 3.05) is 18.1 Å². The summed E-state index contributed by atoms with van der Waals surface area (Å²) in [4.78, 5) is 0. The minimum atomic E-state index is -3.02. The Hall–Kier alpha value is 0.390. The van der Waals surface area contributed by atoms with Crippen molar-refractivity contribution in [3.05, 3.63) is 0 Å². The van der Waals surface area contributed by atoms with Crippen LogP contribution in [0.2, 0.25) is 0 Å². The van der Waals surface area contributed by atoms with Crippen molar-refractivity contribution in [1.82, 2.24) is 4.31 Å². The summed E-state index contributed by atoms with van der Waals surface area (Å²) < 4.78 is 24.7. The molecule has 0 aromatic heterocycles. The normalized spacial score (nSPS) is 20.2. The van der Waals surface area contributed by atoms with Crippen LogP contribution in [0.25, 0.3) is 0 Å². The van der Waals surface area contributed by atoms with Gasteiger partial charge in [-0.3, -0.25) is 0 Å². The van der Waals surface area contributed by atoms with E-state index >= 15 is 0 Å². The molecule has 5 heteroatoms. The first-order chi connectivity index (χ1) is 6.55. The highest BCUT2D eigenvalue weighted by Crippen LogP contribution is 2.24. The van der Waals surface area contributed by atoms with Crippen LogP contribution in [0.5, 0.6) is 0 Å². The standard InChI is InChI=1S/C9H18BrNO2S/c1-14(12,13)11(8-7-10)9-5-3-2-4-6-9/h9H,2-8H2,1H3. The Bertz CT molecular complexity index is 260. The Morgan fingerprint density at radius 3 is 2.29 bits per heavy atom. The number of nitrogens with zero attached hydrogens (tertiary/aromatic N) is 1. The largest absolute Gasteiger partial charge is 0.212 e. The molecule has 3 nitrogen and oxygen atoms in total. The van der Waals surface area contributed by atoms with Gasteiger partial charge in [-0.25, -0.2) is 8.42 Å². The number of sulfonamides is 1. The van der Waals surface area contributed by atoms with Gasteiger partial charge in [-0.15, -0.1) is 0 Å². The molecule has 1 aliphatic carbocycles. The maximum atomic E-state index is 11.5. The molecule has 1 aliphatic rings. The summed E-state index contributed by atoms with van der Waals surface area (Å²) in [7, 11) is -3.02. The van der Waals surface area contributed by atoms with E-state index in [0.717, 1.165) is 18.2 Å². The molecule has 0 atom stereocenters. The van der Waals surface area contributed by atoms with E-state index in [1.165, 1.54) is 25.5 Å². The fraction of sp³-hybridized carbons (Fsp3) is 1.00. The molecule has 0 radical (unpaired) electrons. The SMILES string of the molecule is CS(=O)(=O)N(CCBr)C1CCCCC1. The molecule has 1 fully saturated rings. The molecule has 0 aliphatic heterocycles. The third-order valence-corrected chi connectivity index (χ3v) is 4.40. The molecular formula is C9H18BrNO2S. The van der Waals surface area contributed by atoms with Crippen molar-refractivity contribution in [2.45, 2.75) is 38.1 Å². The van der Waals surface area contributed by atoms with Crippen LogP contribution < -0.4 is 0 Å². The van der Waals surface area contributed by atoms with E-state index in [4.69, 9.17) is 0 Å². The molecule has 1 saturated carbocycles. The van der Waals surface area contributed by atoms with Crippen LogP contribution in [-0.2, 0) is 10.0 Å². The van der Waals surface area contributed by atoms with Gasteiger partial charge in [0.2, 0.25) is 10.0 Å². The lowest BCUT2D eigenvalue weighted by Crippen LogP contribution is -2.41. The third kappa shape index (κ3) is 3.51. The van der Waals surface area contributed by atoms with Gasteiger partial charge in [0.1, 0.15) is 0 Å². The highest BCUT2D eigenvalue weighted by molar-refractivity contribution is 9.09. The van der Waals surface area contributed by atoms with Crippen LogP contribution in [0.4, 0.5) is 0 Å². The van der Waals surface area contributed by atoms with Crippen molar-refractivity contribution in [1.29, 1.82) is 0 Å². The third-order valence-electron chi connectivity index (χ3n) is 2.71. The Morgan fingerprint density at radius 2 is 1.86 bits per heavy atom. The predicted molar refractivity (Wildman–Crippen MR) is 62.2 cm³/mol. The van der Waals surface area contributed by atoms with Gasteiger partial charge in [0.05, 0.1) is 6.26 Å². The Labute approximate surface area is 95.0 Å². The quantitative estimate of drug-likeness (QED) is 0.740. The lowest BCUT2D eigenvalue weighted by atomic mass is 9.95. The highest BCUT2D eigenvalue weighted by atomic mass is 79.9. The molecule has 0 saturated heterocycles. The average molecular weight is 284 g/mol. The first-order valence-electron chi connectivity index (χ1n) is 5.08. The van der Waals surface area contributed by atoms with Gasteiger partial charge in [-0.2, -0.15) is 4.31 Å². The van der Waals surface area contributed by atoms with Crippen molar-refractivity contribution >= 4 is 26.0 Å². The highest BCUT2D eigenvalue weighted by Gasteiger charge is 2.26. The zero-order chi connectivity index (χ0) is 10.6. The summed E-state index contributed by atoms with van der Waals surface area (Å²) in [5.74, 6) is 0. The van der Waals surface area contributed by atoms with Gasteiger partial charge >= 0.3 is 0 Å². The predicted octanol–water partition coefficient (Wildman–Crippen LogP) is 1.98. The fourth-order valence-corrected chi connectivity index (χ4v) is 3.86. The lowest BCUT2D eigenvalue weighted by Gasteiger charge is -2.31. The Morgan fingerprint density at radius 1 is 1.29 bits per heavy atom. The summed E-state index contributed by atoms with van der Waals surface area (Å²) in [5, 5.41) is 0.719. The molecule has 0 N–H and O–H groups in total. The van der Waals surface area contributed by atoms with Gasteiger partial charge in [0.25, 0.3) is 0 Å². The molecular weight excluding hydrogens is 266 g/mol. The van der Waals surface area contributed by atoms with E-state index in [1.807, 2.05) is 0 Å². The zero-order valence-corrected chi connectivity index (χ0v) is 11.0. The van der Waals surface area contributed by atoms with Crippen LogP contribution in [0.3, 0.4) is 0 Å². The minimum absolute atomic E-state index is 0.247. The lowest BCUT2D eigenvalue weighted by molar-refractivity contribution is 0.264. The monoisotopic (exact) mass is 283 g/mol. The first-order valence-corrected chi connectivity index (χ1v) is 8.05. The van der Waals surface area contributed by atoms with Gasteiger partial charge in [0.15, 0.2) is 0 Å². The maximum absolute atomic E-state index is 11.5. The molecule has 0 unspecified atom stereocenters. The summed E-state index contributed by atoms with van der Waals surface area (Å²) in [6.45, 7) is 0.601. The molecule has 0 amide bonds. The number of hydrogen-bond acceptors (Lipinski definition) is 2. The van der Waals surface area contributed by atoms with E-state index in [-0.39, 0.29) is 6.04 Å². The molecule has 0 aromatic rings. The van der Waals surface area contributed by atoms with Gasteiger partial charge in [-0.1, -0.05) is 35.2 Å².